The highest BCUT2D eigenvalue weighted by Gasteiger charge is 2.11. The van der Waals surface area contributed by atoms with Gasteiger partial charge in [-0.05, 0) is 43.2 Å². The first-order chi connectivity index (χ1) is 8.88. The second-order valence-corrected chi connectivity index (χ2v) is 5.53. The van der Waals surface area contributed by atoms with Gasteiger partial charge >= 0.3 is 0 Å². The third kappa shape index (κ3) is 3.08. The molecule has 2 aromatic carbocycles. The van der Waals surface area contributed by atoms with Gasteiger partial charge in [-0.15, -0.1) is 0 Å². The predicted molar refractivity (Wildman–Crippen MR) is 81.9 cm³/mol. The van der Waals surface area contributed by atoms with Crippen molar-refractivity contribution in [1.29, 1.82) is 0 Å². The zero-order valence-corrected chi connectivity index (χ0v) is 12.7. The van der Waals surface area contributed by atoms with Crippen LogP contribution in [0.5, 0.6) is 11.5 Å². The number of anilines is 1. The lowest BCUT2D eigenvalue weighted by atomic mass is 10.1. The zero-order valence-electron chi connectivity index (χ0n) is 10.4. The van der Waals surface area contributed by atoms with E-state index in [0.717, 1.165) is 16.9 Å². The van der Waals surface area contributed by atoms with Crippen molar-refractivity contribution in [3.63, 3.8) is 0 Å². The van der Waals surface area contributed by atoms with Gasteiger partial charge in [0.15, 0.2) is 5.75 Å². The first kappa shape index (κ1) is 14.3. The van der Waals surface area contributed by atoms with E-state index in [-0.39, 0.29) is 0 Å². The van der Waals surface area contributed by atoms with E-state index < -0.39 is 0 Å². The molecule has 0 saturated heterocycles. The average molecular weight is 317 g/mol. The van der Waals surface area contributed by atoms with Crippen LogP contribution in [-0.2, 0) is 0 Å². The average Bonchev–Trinajstić information content (AvgIpc) is 2.29. The van der Waals surface area contributed by atoms with Crippen molar-refractivity contribution in [2.45, 2.75) is 13.8 Å². The predicted octanol–water partition coefficient (Wildman–Crippen LogP) is 5.64. The van der Waals surface area contributed by atoms with E-state index in [1.54, 1.807) is 12.1 Å². The van der Waals surface area contributed by atoms with Gasteiger partial charge in [-0.3, -0.25) is 0 Å². The zero-order chi connectivity index (χ0) is 14.2. The van der Waals surface area contributed by atoms with E-state index in [0.29, 0.717) is 26.5 Å². The molecule has 0 bridgehead atoms. The minimum Gasteiger partial charge on any atom is -0.455 e. The first-order valence-electron chi connectivity index (χ1n) is 5.57. The van der Waals surface area contributed by atoms with E-state index >= 15 is 0 Å². The fourth-order valence-corrected chi connectivity index (χ4v) is 2.45. The van der Waals surface area contributed by atoms with E-state index in [1.807, 2.05) is 26.0 Å². The van der Waals surface area contributed by atoms with Crippen molar-refractivity contribution in [3.05, 3.63) is 50.5 Å². The molecule has 2 N–H and O–H groups in total. The normalized spacial score (nSPS) is 10.6. The van der Waals surface area contributed by atoms with Gasteiger partial charge in [-0.2, -0.15) is 0 Å². The minimum absolute atomic E-state index is 0.398. The maximum absolute atomic E-state index is 5.98. The molecule has 5 heteroatoms. The molecule has 0 unspecified atom stereocenters. The van der Waals surface area contributed by atoms with Crippen molar-refractivity contribution in [2.24, 2.45) is 0 Å². The second kappa shape index (κ2) is 5.49. The molecule has 0 fully saturated rings. The number of nitrogens with two attached hydrogens (primary N) is 1. The third-order valence-corrected chi connectivity index (χ3v) is 3.63. The molecule has 0 saturated carbocycles. The van der Waals surface area contributed by atoms with Gasteiger partial charge in [0.05, 0.1) is 15.7 Å². The molecule has 0 aliphatic rings. The van der Waals surface area contributed by atoms with Crippen LogP contribution in [0.2, 0.25) is 15.1 Å². The smallest absolute Gasteiger partial charge is 0.151 e. The Morgan fingerprint density at radius 3 is 2.00 bits per heavy atom. The molecule has 0 amide bonds. The number of hydrogen-bond acceptors (Lipinski definition) is 2. The van der Waals surface area contributed by atoms with Crippen molar-refractivity contribution >= 4 is 40.5 Å². The van der Waals surface area contributed by atoms with Gasteiger partial charge in [0.2, 0.25) is 0 Å². The van der Waals surface area contributed by atoms with Gasteiger partial charge in [0.1, 0.15) is 5.75 Å². The fourth-order valence-electron chi connectivity index (χ4n) is 1.80. The molecule has 0 aliphatic carbocycles. The number of halogens is 3. The van der Waals surface area contributed by atoms with E-state index in [1.165, 1.54) is 0 Å². The highest BCUT2D eigenvalue weighted by atomic mass is 35.5. The minimum atomic E-state index is 0.398. The Labute approximate surface area is 127 Å². The Morgan fingerprint density at radius 2 is 1.42 bits per heavy atom. The molecule has 2 rings (SSSR count). The van der Waals surface area contributed by atoms with Gasteiger partial charge < -0.3 is 10.5 Å². The quantitative estimate of drug-likeness (QED) is 0.728. The Morgan fingerprint density at radius 1 is 0.895 bits per heavy atom. The summed E-state index contributed by atoms with van der Waals surface area (Å²) in [5, 5.41) is 1.47. The van der Waals surface area contributed by atoms with Crippen LogP contribution in [0.25, 0.3) is 0 Å². The van der Waals surface area contributed by atoms with Crippen molar-refractivity contribution in [1.82, 2.24) is 0 Å². The topological polar surface area (TPSA) is 35.2 Å². The standard InChI is InChI=1S/C14H12Cl3NO/c1-7-3-9(15)4-8(2)14(7)19-13-6-11(17)10(16)5-12(13)18/h3-6H,18H2,1-2H3. The summed E-state index contributed by atoms with van der Waals surface area (Å²) in [7, 11) is 0. The van der Waals surface area contributed by atoms with Crippen LogP contribution >= 0.6 is 34.8 Å². The van der Waals surface area contributed by atoms with Crippen LogP contribution in [0.4, 0.5) is 5.69 Å². The van der Waals surface area contributed by atoms with Crippen molar-refractivity contribution < 1.29 is 4.74 Å². The largest absolute Gasteiger partial charge is 0.455 e. The van der Waals surface area contributed by atoms with Crippen LogP contribution < -0.4 is 10.5 Å². The van der Waals surface area contributed by atoms with E-state index in [2.05, 4.69) is 0 Å². The third-order valence-electron chi connectivity index (χ3n) is 2.69. The van der Waals surface area contributed by atoms with Crippen molar-refractivity contribution in [3.8, 4) is 11.5 Å². The van der Waals surface area contributed by atoms with Crippen LogP contribution in [0, 0.1) is 13.8 Å². The molecule has 0 spiro atoms. The fraction of sp³-hybridized carbons (Fsp3) is 0.143. The summed E-state index contributed by atoms with van der Waals surface area (Å²) >= 11 is 17.8. The van der Waals surface area contributed by atoms with E-state index in [9.17, 15) is 0 Å². The van der Waals surface area contributed by atoms with Crippen LogP contribution in [0.1, 0.15) is 11.1 Å². The lowest BCUT2D eigenvalue weighted by Crippen LogP contribution is -1.96. The Kier molecular flexibility index (Phi) is 4.14. The van der Waals surface area contributed by atoms with Gasteiger partial charge in [0.25, 0.3) is 0 Å². The number of benzene rings is 2. The van der Waals surface area contributed by atoms with Crippen LogP contribution in [0.3, 0.4) is 0 Å². The van der Waals surface area contributed by atoms with Gasteiger partial charge in [-0.1, -0.05) is 34.8 Å². The maximum atomic E-state index is 5.98. The Hall–Kier alpha value is -1.09. The molecule has 2 nitrogen and oxygen atoms in total. The summed E-state index contributed by atoms with van der Waals surface area (Å²) in [5.74, 6) is 1.19. The second-order valence-electron chi connectivity index (χ2n) is 4.27. The summed E-state index contributed by atoms with van der Waals surface area (Å²) in [5.41, 5.74) is 8.16. The Bertz CT molecular complexity index is 618. The highest BCUT2D eigenvalue weighted by molar-refractivity contribution is 6.42. The summed E-state index contributed by atoms with van der Waals surface area (Å²) in [4.78, 5) is 0. The van der Waals surface area contributed by atoms with Gasteiger partial charge in [-0.25, -0.2) is 0 Å². The summed E-state index contributed by atoms with van der Waals surface area (Å²) in [6.45, 7) is 3.84. The molecule has 0 atom stereocenters. The van der Waals surface area contributed by atoms with Crippen LogP contribution in [-0.4, -0.2) is 0 Å². The molecule has 19 heavy (non-hydrogen) atoms. The maximum Gasteiger partial charge on any atom is 0.151 e. The van der Waals surface area contributed by atoms with Gasteiger partial charge in [0, 0.05) is 11.1 Å². The molecule has 0 radical (unpaired) electrons. The molecular formula is C14H12Cl3NO. The number of rotatable bonds is 2. The Balaban J connectivity index is 2.45. The summed E-state index contributed by atoms with van der Waals surface area (Å²) in [6.07, 6.45) is 0. The molecule has 2 aromatic rings. The SMILES string of the molecule is Cc1cc(Cl)cc(C)c1Oc1cc(Cl)c(Cl)cc1N. The lowest BCUT2D eigenvalue weighted by molar-refractivity contribution is 0.477. The summed E-state index contributed by atoms with van der Waals surface area (Å²) in [6, 6.07) is 6.84. The van der Waals surface area contributed by atoms with Crippen LogP contribution in [0.15, 0.2) is 24.3 Å². The first-order valence-corrected chi connectivity index (χ1v) is 6.71. The lowest BCUT2D eigenvalue weighted by Gasteiger charge is -2.14. The van der Waals surface area contributed by atoms with E-state index in [4.69, 9.17) is 45.3 Å². The number of hydrogen-bond donors (Lipinski definition) is 1. The molecular weight excluding hydrogens is 305 g/mol. The number of aryl methyl sites for hydroxylation is 2. The molecule has 0 aliphatic heterocycles. The number of nitrogen functional groups attached to an aromatic ring is 1. The molecule has 0 heterocycles. The highest BCUT2D eigenvalue weighted by Crippen LogP contribution is 2.37. The monoisotopic (exact) mass is 315 g/mol. The molecule has 100 valence electrons. The molecule has 0 aromatic heterocycles. The van der Waals surface area contributed by atoms with Crippen molar-refractivity contribution in [2.75, 3.05) is 5.73 Å². The summed E-state index contributed by atoms with van der Waals surface area (Å²) < 4.78 is 5.83. The number of ether oxygens (including phenoxy) is 1.